The minimum Gasteiger partial charge on any atom is -0.294 e. The van der Waals surface area contributed by atoms with Crippen molar-refractivity contribution in [2.24, 2.45) is 0 Å². The van der Waals surface area contributed by atoms with Crippen molar-refractivity contribution in [3.05, 3.63) is 77.5 Å². The molecular formula is C18H13F2N3O. The number of carbonyl (C=O) groups is 1. The summed E-state index contributed by atoms with van der Waals surface area (Å²) in [7, 11) is 0. The summed E-state index contributed by atoms with van der Waals surface area (Å²) in [5, 5.41) is 0. The number of benzene rings is 1. The van der Waals surface area contributed by atoms with Crippen LogP contribution in [0.15, 0.2) is 49.1 Å². The molecule has 24 heavy (non-hydrogen) atoms. The molecule has 0 saturated heterocycles. The van der Waals surface area contributed by atoms with Crippen LogP contribution in [0, 0.1) is 18.6 Å². The van der Waals surface area contributed by atoms with Crippen LogP contribution in [0.2, 0.25) is 0 Å². The van der Waals surface area contributed by atoms with Gasteiger partial charge in [-0.1, -0.05) is 6.07 Å². The average molecular weight is 325 g/mol. The highest BCUT2D eigenvalue weighted by molar-refractivity contribution is 5.97. The third kappa shape index (κ3) is 3.17. The van der Waals surface area contributed by atoms with E-state index in [0.29, 0.717) is 11.4 Å². The van der Waals surface area contributed by atoms with Gasteiger partial charge in [0.1, 0.15) is 11.6 Å². The molecule has 0 radical (unpaired) electrons. The van der Waals surface area contributed by atoms with E-state index in [1.807, 2.05) is 13.0 Å². The Bertz CT molecular complexity index is 875. The van der Waals surface area contributed by atoms with Crippen LogP contribution in [0.3, 0.4) is 0 Å². The highest BCUT2D eigenvalue weighted by Gasteiger charge is 2.18. The largest absolute Gasteiger partial charge is 0.294 e. The molecule has 0 aliphatic rings. The summed E-state index contributed by atoms with van der Waals surface area (Å²) >= 11 is 0. The van der Waals surface area contributed by atoms with Crippen LogP contribution in [0.1, 0.15) is 21.6 Å². The van der Waals surface area contributed by atoms with Gasteiger partial charge in [0.2, 0.25) is 0 Å². The van der Waals surface area contributed by atoms with Crippen molar-refractivity contribution in [2.75, 3.05) is 0 Å². The minimum absolute atomic E-state index is 0.225. The van der Waals surface area contributed by atoms with Gasteiger partial charge in [-0.05, 0) is 30.7 Å². The second kappa shape index (κ2) is 6.62. The van der Waals surface area contributed by atoms with Crippen LogP contribution >= 0.6 is 0 Å². The lowest BCUT2D eigenvalue weighted by molar-refractivity contribution is 0.0983. The van der Waals surface area contributed by atoms with Crippen LogP contribution in [0.5, 0.6) is 0 Å². The quantitative estimate of drug-likeness (QED) is 0.688. The zero-order valence-corrected chi connectivity index (χ0v) is 12.8. The summed E-state index contributed by atoms with van der Waals surface area (Å²) in [5.41, 5.74) is 2.24. The van der Waals surface area contributed by atoms with E-state index < -0.39 is 23.0 Å². The molecule has 0 aliphatic heterocycles. The standard InChI is InChI=1S/C18H13F2N3O/c1-11-5-6-21-9-13(11)16-10-22-12(8-23-16)7-17(24)18-14(19)3-2-4-15(18)20/h2-6,8-10H,7H2,1H3. The molecule has 0 amide bonds. The van der Waals surface area contributed by atoms with Gasteiger partial charge >= 0.3 is 0 Å². The van der Waals surface area contributed by atoms with E-state index in [4.69, 9.17) is 0 Å². The van der Waals surface area contributed by atoms with Gasteiger partial charge in [-0.25, -0.2) is 8.78 Å². The molecule has 0 spiro atoms. The Morgan fingerprint density at radius 1 is 1.04 bits per heavy atom. The third-order valence-corrected chi connectivity index (χ3v) is 3.60. The normalized spacial score (nSPS) is 10.6. The fourth-order valence-corrected chi connectivity index (χ4v) is 2.33. The van der Waals surface area contributed by atoms with Crippen molar-refractivity contribution < 1.29 is 13.6 Å². The van der Waals surface area contributed by atoms with Gasteiger partial charge in [0.05, 0.1) is 29.6 Å². The van der Waals surface area contributed by atoms with E-state index in [2.05, 4.69) is 15.0 Å². The van der Waals surface area contributed by atoms with E-state index >= 15 is 0 Å². The molecule has 3 rings (SSSR count). The second-order valence-corrected chi connectivity index (χ2v) is 5.28. The number of pyridine rings is 1. The number of ketones is 1. The Labute approximate surface area is 137 Å². The maximum Gasteiger partial charge on any atom is 0.174 e. The lowest BCUT2D eigenvalue weighted by Gasteiger charge is -2.06. The highest BCUT2D eigenvalue weighted by Crippen LogP contribution is 2.19. The molecule has 0 bridgehead atoms. The fraction of sp³-hybridized carbons (Fsp3) is 0.111. The first-order chi connectivity index (χ1) is 11.6. The molecule has 2 aromatic heterocycles. The Morgan fingerprint density at radius 3 is 2.42 bits per heavy atom. The fourth-order valence-electron chi connectivity index (χ4n) is 2.33. The van der Waals surface area contributed by atoms with Crippen molar-refractivity contribution >= 4 is 5.78 Å². The van der Waals surface area contributed by atoms with Crippen LogP contribution in [0.25, 0.3) is 11.3 Å². The summed E-state index contributed by atoms with van der Waals surface area (Å²) in [6, 6.07) is 5.17. The van der Waals surface area contributed by atoms with Crippen LogP contribution in [-0.2, 0) is 6.42 Å². The van der Waals surface area contributed by atoms with Crippen molar-refractivity contribution in [1.82, 2.24) is 15.0 Å². The van der Waals surface area contributed by atoms with Gasteiger partial charge in [0.25, 0.3) is 0 Å². The summed E-state index contributed by atoms with van der Waals surface area (Å²) in [5.74, 6) is -2.43. The maximum absolute atomic E-state index is 13.6. The zero-order valence-electron chi connectivity index (χ0n) is 12.8. The van der Waals surface area contributed by atoms with Crippen molar-refractivity contribution in [3.63, 3.8) is 0 Å². The van der Waals surface area contributed by atoms with Gasteiger partial charge in [-0.15, -0.1) is 0 Å². The third-order valence-electron chi connectivity index (χ3n) is 3.60. The first kappa shape index (κ1) is 15.9. The van der Waals surface area contributed by atoms with E-state index in [-0.39, 0.29) is 6.42 Å². The zero-order chi connectivity index (χ0) is 17.1. The van der Waals surface area contributed by atoms with E-state index in [0.717, 1.165) is 23.3 Å². The summed E-state index contributed by atoms with van der Waals surface area (Å²) in [4.78, 5) is 24.6. The predicted octanol–water partition coefficient (Wildman–Crippen LogP) is 3.55. The number of aryl methyl sites for hydroxylation is 1. The summed E-state index contributed by atoms with van der Waals surface area (Å²) in [6.45, 7) is 1.93. The average Bonchev–Trinajstić information content (AvgIpc) is 2.56. The SMILES string of the molecule is Cc1ccncc1-c1cnc(CC(=O)c2c(F)cccc2F)cn1. The van der Waals surface area contributed by atoms with Gasteiger partial charge < -0.3 is 0 Å². The lowest BCUT2D eigenvalue weighted by atomic mass is 10.1. The minimum atomic E-state index is -0.879. The van der Waals surface area contributed by atoms with Gasteiger partial charge in [-0.3, -0.25) is 19.7 Å². The van der Waals surface area contributed by atoms with E-state index in [1.54, 1.807) is 12.4 Å². The number of hydrogen-bond donors (Lipinski definition) is 0. The van der Waals surface area contributed by atoms with Crippen molar-refractivity contribution in [3.8, 4) is 11.3 Å². The van der Waals surface area contributed by atoms with E-state index in [1.165, 1.54) is 18.5 Å². The van der Waals surface area contributed by atoms with Crippen molar-refractivity contribution in [2.45, 2.75) is 13.3 Å². The number of nitrogens with zero attached hydrogens (tertiary/aromatic N) is 3. The topological polar surface area (TPSA) is 55.7 Å². The molecule has 0 saturated carbocycles. The predicted molar refractivity (Wildman–Crippen MR) is 84.4 cm³/mol. The Hall–Kier alpha value is -3.02. The van der Waals surface area contributed by atoms with Crippen LogP contribution < -0.4 is 0 Å². The molecule has 1 aromatic carbocycles. The molecule has 3 aromatic rings. The van der Waals surface area contributed by atoms with Crippen LogP contribution in [-0.4, -0.2) is 20.7 Å². The van der Waals surface area contributed by atoms with Crippen molar-refractivity contribution in [1.29, 1.82) is 0 Å². The first-order valence-corrected chi connectivity index (χ1v) is 7.25. The molecule has 120 valence electrons. The Balaban J connectivity index is 1.82. The second-order valence-electron chi connectivity index (χ2n) is 5.28. The highest BCUT2D eigenvalue weighted by atomic mass is 19.1. The molecule has 6 heteroatoms. The number of rotatable bonds is 4. The first-order valence-electron chi connectivity index (χ1n) is 7.25. The number of hydrogen-bond acceptors (Lipinski definition) is 4. The summed E-state index contributed by atoms with van der Waals surface area (Å²) < 4.78 is 27.3. The molecule has 2 heterocycles. The Morgan fingerprint density at radius 2 is 1.79 bits per heavy atom. The molecular weight excluding hydrogens is 312 g/mol. The Kier molecular flexibility index (Phi) is 4.37. The molecule has 0 atom stereocenters. The van der Waals surface area contributed by atoms with Gasteiger partial charge in [-0.2, -0.15) is 0 Å². The molecule has 0 N–H and O–H groups in total. The number of Topliss-reactive ketones (excluding diaryl/α,β-unsaturated/α-hetero) is 1. The number of halogens is 2. The number of aromatic nitrogens is 3. The van der Waals surface area contributed by atoms with Gasteiger partial charge in [0, 0.05) is 24.2 Å². The van der Waals surface area contributed by atoms with Crippen LogP contribution in [0.4, 0.5) is 8.78 Å². The van der Waals surface area contributed by atoms with E-state index in [9.17, 15) is 13.6 Å². The monoisotopic (exact) mass is 325 g/mol. The van der Waals surface area contributed by atoms with Gasteiger partial charge in [0.15, 0.2) is 5.78 Å². The molecule has 0 unspecified atom stereocenters. The smallest absolute Gasteiger partial charge is 0.174 e. The summed E-state index contributed by atoms with van der Waals surface area (Å²) in [6.07, 6.45) is 6.08. The number of carbonyl (C=O) groups excluding carboxylic acids is 1. The molecule has 4 nitrogen and oxygen atoms in total. The maximum atomic E-state index is 13.6. The molecule has 0 aliphatic carbocycles. The molecule has 0 fully saturated rings. The lowest BCUT2D eigenvalue weighted by Crippen LogP contribution is -2.10.